The van der Waals surface area contributed by atoms with Crippen molar-refractivity contribution in [3.8, 4) is 11.1 Å². The van der Waals surface area contributed by atoms with E-state index in [1.807, 2.05) is 31.2 Å². The number of ether oxygens (including phenoxy) is 1. The molecule has 0 aromatic heterocycles. The van der Waals surface area contributed by atoms with Gasteiger partial charge in [-0.2, -0.15) is 0 Å². The quantitative estimate of drug-likeness (QED) is 0.411. The Labute approximate surface area is 207 Å². The molecule has 3 rings (SSSR count). The highest BCUT2D eigenvalue weighted by molar-refractivity contribution is 5.80. The van der Waals surface area contributed by atoms with Crippen molar-refractivity contribution in [1.82, 2.24) is 10.2 Å². The first kappa shape index (κ1) is 26.3. The van der Waals surface area contributed by atoms with Gasteiger partial charge in [-0.15, -0.1) is 0 Å². The highest BCUT2D eigenvalue weighted by atomic mass is 16.5. The van der Waals surface area contributed by atoms with Gasteiger partial charge in [0.2, 0.25) is 5.91 Å². The van der Waals surface area contributed by atoms with E-state index in [4.69, 9.17) is 9.84 Å². The van der Waals surface area contributed by atoms with Crippen molar-refractivity contribution in [2.24, 2.45) is 0 Å². The second kappa shape index (κ2) is 12.9. The molecule has 7 nitrogen and oxygen atoms in total. The summed E-state index contributed by atoms with van der Waals surface area (Å²) in [4.78, 5) is 38.2. The average molecular weight is 481 g/mol. The molecule has 2 N–H and O–H groups in total. The SMILES string of the molecule is CCCC[C@@H](CC(=O)N(CCC)CCC(=O)O)NC(=O)OCC1c2ccccc2-c2ccccc21. The van der Waals surface area contributed by atoms with Gasteiger partial charge in [-0.1, -0.05) is 75.2 Å². The average Bonchev–Trinajstić information content (AvgIpc) is 3.17. The van der Waals surface area contributed by atoms with Crippen LogP contribution in [0.3, 0.4) is 0 Å². The predicted molar refractivity (Wildman–Crippen MR) is 135 cm³/mol. The molecule has 0 fully saturated rings. The fraction of sp³-hybridized carbons (Fsp3) is 0.464. The van der Waals surface area contributed by atoms with Gasteiger partial charge < -0.3 is 20.1 Å². The van der Waals surface area contributed by atoms with Crippen LogP contribution in [0.5, 0.6) is 0 Å². The monoisotopic (exact) mass is 480 g/mol. The Morgan fingerprint density at radius 1 is 0.971 bits per heavy atom. The Morgan fingerprint density at radius 3 is 2.17 bits per heavy atom. The number of hydrogen-bond donors (Lipinski definition) is 2. The maximum atomic E-state index is 12.9. The van der Waals surface area contributed by atoms with Gasteiger partial charge in [0.15, 0.2) is 0 Å². The molecular weight excluding hydrogens is 444 g/mol. The predicted octanol–water partition coefficient (Wildman–Crippen LogP) is 5.19. The molecule has 0 saturated carbocycles. The number of alkyl carbamates (subject to hydrolysis) is 1. The summed E-state index contributed by atoms with van der Waals surface area (Å²) in [6.45, 7) is 4.90. The summed E-state index contributed by atoms with van der Waals surface area (Å²) < 4.78 is 5.67. The lowest BCUT2D eigenvalue weighted by Crippen LogP contribution is -2.42. The second-order valence-electron chi connectivity index (χ2n) is 9.04. The summed E-state index contributed by atoms with van der Waals surface area (Å²) in [7, 11) is 0. The third kappa shape index (κ3) is 7.07. The lowest BCUT2D eigenvalue weighted by Gasteiger charge is -2.25. The van der Waals surface area contributed by atoms with Gasteiger partial charge >= 0.3 is 12.1 Å². The minimum absolute atomic E-state index is 0.0278. The first-order chi connectivity index (χ1) is 16.9. The molecule has 2 amide bonds. The molecular formula is C28H36N2O5. The van der Waals surface area contributed by atoms with Crippen LogP contribution in [0.4, 0.5) is 4.79 Å². The largest absolute Gasteiger partial charge is 0.481 e. The highest BCUT2D eigenvalue weighted by Gasteiger charge is 2.29. The molecule has 1 aliphatic carbocycles. The molecule has 0 bridgehead atoms. The van der Waals surface area contributed by atoms with Crippen molar-refractivity contribution in [1.29, 1.82) is 0 Å². The summed E-state index contributed by atoms with van der Waals surface area (Å²) in [6.07, 6.45) is 2.71. The summed E-state index contributed by atoms with van der Waals surface area (Å²) >= 11 is 0. The number of benzene rings is 2. The number of hydrogen-bond acceptors (Lipinski definition) is 4. The summed E-state index contributed by atoms with van der Waals surface area (Å²) in [6, 6.07) is 16.0. The van der Waals surface area contributed by atoms with Gasteiger partial charge in [0.25, 0.3) is 0 Å². The topological polar surface area (TPSA) is 95.9 Å². The van der Waals surface area contributed by atoms with Crippen LogP contribution in [0.25, 0.3) is 11.1 Å². The van der Waals surface area contributed by atoms with Crippen LogP contribution < -0.4 is 5.32 Å². The molecule has 1 aliphatic rings. The second-order valence-corrected chi connectivity index (χ2v) is 9.04. The number of carbonyl (C=O) groups is 3. The van der Waals surface area contributed by atoms with Crippen LogP contribution >= 0.6 is 0 Å². The number of unbranched alkanes of at least 4 members (excludes halogenated alkanes) is 1. The lowest BCUT2D eigenvalue weighted by atomic mass is 9.98. The highest BCUT2D eigenvalue weighted by Crippen LogP contribution is 2.44. The van der Waals surface area contributed by atoms with E-state index in [2.05, 4.69) is 36.5 Å². The first-order valence-corrected chi connectivity index (χ1v) is 12.6. The maximum Gasteiger partial charge on any atom is 0.407 e. The zero-order chi connectivity index (χ0) is 25.2. The Bertz CT molecular complexity index is 976. The molecule has 0 spiro atoms. The minimum atomic E-state index is -0.932. The van der Waals surface area contributed by atoms with E-state index in [-0.39, 0.29) is 43.9 Å². The van der Waals surface area contributed by atoms with E-state index >= 15 is 0 Å². The normalized spacial score (nSPS) is 13.0. The Hall–Kier alpha value is -3.35. The van der Waals surface area contributed by atoms with Gasteiger partial charge in [-0.05, 0) is 35.1 Å². The van der Waals surface area contributed by atoms with Crippen LogP contribution in [0, 0.1) is 0 Å². The first-order valence-electron chi connectivity index (χ1n) is 12.6. The van der Waals surface area contributed by atoms with Crippen LogP contribution in [0.15, 0.2) is 48.5 Å². The number of carboxylic acid groups (broad SMARTS) is 1. The third-order valence-electron chi connectivity index (χ3n) is 6.43. The number of carboxylic acids is 1. The lowest BCUT2D eigenvalue weighted by molar-refractivity contribution is -0.138. The van der Waals surface area contributed by atoms with Crippen LogP contribution in [-0.2, 0) is 14.3 Å². The minimum Gasteiger partial charge on any atom is -0.481 e. The molecule has 0 unspecified atom stereocenters. The fourth-order valence-corrected chi connectivity index (χ4v) is 4.68. The van der Waals surface area contributed by atoms with Gasteiger partial charge in [-0.25, -0.2) is 4.79 Å². The molecule has 7 heteroatoms. The number of nitrogens with one attached hydrogen (secondary N) is 1. The number of nitrogens with zero attached hydrogens (tertiary/aromatic N) is 1. The molecule has 0 aliphatic heterocycles. The fourth-order valence-electron chi connectivity index (χ4n) is 4.68. The van der Waals surface area contributed by atoms with Crippen LogP contribution in [0.2, 0.25) is 0 Å². The number of rotatable bonds is 13. The number of aliphatic carboxylic acids is 1. The van der Waals surface area contributed by atoms with Crippen molar-refractivity contribution < 1.29 is 24.2 Å². The molecule has 2 aromatic rings. The van der Waals surface area contributed by atoms with Crippen molar-refractivity contribution in [2.75, 3.05) is 19.7 Å². The molecule has 0 radical (unpaired) electrons. The van der Waals surface area contributed by atoms with Gasteiger partial charge in [-0.3, -0.25) is 9.59 Å². The van der Waals surface area contributed by atoms with E-state index in [9.17, 15) is 14.4 Å². The molecule has 35 heavy (non-hydrogen) atoms. The Balaban J connectivity index is 1.61. The van der Waals surface area contributed by atoms with Crippen molar-refractivity contribution in [2.45, 2.75) is 64.3 Å². The van der Waals surface area contributed by atoms with Gasteiger partial charge in [0, 0.05) is 31.5 Å². The van der Waals surface area contributed by atoms with Crippen molar-refractivity contribution in [3.63, 3.8) is 0 Å². The van der Waals surface area contributed by atoms with Gasteiger partial charge in [0.1, 0.15) is 6.61 Å². The molecule has 2 aromatic carbocycles. The zero-order valence-corrected chi connectivity index (χ0v) is 20.7. The van der Waals surface area contributed by atoms with E-state index in [0.717, 1.165) is 30.4 Å². The molecule has 0 heterocycles. The van der Waals surface area contributed by atoms with E-state index in [1.165, 1.54) is 11.1 Å². The number of amides is 2. The van der Waals surface area contributed by atoms with Crippen LogP contribution in [0.1, 0.15) is 69.4 Å². The molecule has 188 valence electrons. The number of carbonyl (C=O) groups excluding carboxylic acids is 2. The number of fused-ring (bicyclic) bond motifs is 3. The summed E-state index contributed by atoms with van der Waals surface area (Å²) in [5.41, 5.74) is 4.63. The Kier molecular flexibility index (Phi) is 9.70. The smallest absolute Gasteiger partial charge is 0.407 e. The Morgan fingerprint density at radius 2 is 1.60 bits per heavy atom. The molecule has 1 atom stereocenters. The van der Waals surface area contributed by atoms with Crippen molar-refractivity contribution in [3.05, 3.63) is 59.7 Å². The zero-order valence-electron chi connectivity index (χ0n) is 20.7. The van der Waals surface area contributed by atoms with Crippen LogP contribution in [-0.4, -0.2) is 53.7 Å². The van der Waals surface area contributed by atoms with E-state index in [1.54, 1.807) is 4.90 Å². The molecule has 0 saturated heterocycles. The summed E-state index contributed by atoms with van der Waals surface area (Å²) in [5, 5.41) is 11.9. The van der Waals surface area contributed by atoms with E-state index < -0.39 is 12.1 Å². The van der Waals surface area contributed by atoms with Crippen molar-refractivity contribution >= 4 is 18.0 Å². The van der Waals surface area contributed by atoms with E-state index in [0.29, 0.717) is 13.0 Å². The maximum absolute atomic E-state index is 12.9. The standard InChI is InChI=1S/C28H36N2O5/c1-3-5-10-20(18-26(31)30(16-4-2)17-15-27(32)33)29-28(34)35-19-25-23-13-8-6-11-21(23)22-12-7-9-14-24(22)25/h6-9,11-14,20,25H,3-5,10,15-19H2,1-2H3,(H,29,34)(H,32,33)/t20-/m0/s1. The van der Waals surface area contributed by atoms with Gasteiger partial charge in [0.05, 0.1) is 6.42 Å². The summed E-state index contributed by atoms with van der Waals surface area (Å²) in [5.74, 6) is -1.11. The third-order valence-corrected chi connectivity index (χ3v) is 6.43.